The third-order valence-corrected chi connectivity index (χ3v) is 2.72. The van der Waals surface area contributed by atoms with Crippen molar-refractivity contribution in [1.29, 1.82) is 0 Å². The summed E-state index contributed by atoms with van der Waals surface area (Å²) in [6.07, 6.45) is -2.40. The molecule has 0 amide bonds. The Morgan fingerprint density at radius 2 is 2.05 bits per heavy atom. The van der Waals surface area contributed by atoms with Crippen molar-refractivity contribution in [3.05, 3.63) is 21.6 Å². The number of nitrogens with zero attached hydrogens (tertiary/aromatic N) is 2. The fraction of sp³-hybridized carbons (Fsp3) is 0.636. The van der Waals surface area contributed by atoms with Crippen molar-refractivity contribution in [2.45, 2.75) is 26.1 Å². The van der Waals surface area contributed by atoms with E-state index < -0.39 is 18.3 Å². The zero-order valence-electron chi connectivity index (χ0n) is 10.9. The van der Waals surface area contributed by atoms with Gasteiger partial charge < -0.3 is 10.6 Å². The van der Waals surface area contributed by atoms with Crippen molar-refractivity contribution in [3.8, 4) is 0 Å². The summed E-state index contributed by atoms with van der Waals surface area (Å²) >= 11 is 5.74. The maximum atomic E-state index is 12.2. The molecule has 2 N–H and O–H groups in total. The van der Waals surface area contributed by atoms with E-state index in [9.17, 15) is 18.0 Å². The van der Waals surface area contributed by atoms with Gasteiger partial charge in [0.25, 0.3) is 5.56 Å². The number of alkyl halides is 3. The van der Waals surface area contributed by atoms with Gasteiger partial charge in [0.2, 0.25) is 0 Å². The molecule has 0 aliphatic heterocycles. The van der Waals surface area contributed by atoms with Gasteiger partial charge in [-0.3, -0.25) is 4.79 Å². The Kier molecular flexibility index (Phi) is 6.28. The molecule has 0 atom stereocenters. The van der Waals surface area contributed by atoms with Crippen LogP contribution >= 0.6 is 11.6 Å². The first kappa shape index (κ1) is 16.8. The Labute approximate surface area is 119 Å². The van der Waals surface area contributed by atoms with Gasteiger partial charge in [0, 0.05) is 13.1 Å². The molecule has 0 radical (unpaired) electrons. The van der Waals surface area contributed by atoms with Crippen molar-refractivity contribution < 1.29 is 13.2 Å². The van der Waals surface area contributed by atoms with Gasteiger partial charge in [-0.15, -0.1) is 0 Å². The molecule has 0 saturated carbocycles. The lowest BCUT2D eigenvalue weighted by atomic mass is 10.4. The molecule has 1 heterocycles. The first-order valence-electron chi connectivity index (χ1n) is 6.12. The Bertz CT molecular complexity index is 490. The van der Waals surface area contributed by atoms with Crippen molar-refractivity contribution in [3.63, 3.8) is 0 Å². The van der Waals surface area contributed by atoms with Crippen LogP contribution in [0, 0.1) is 0 Å². The van der Waals surface area contributed by atoms with Crippen LogP contribution in [0.2, 0.25) is 5.02 Å². The van der Waals surface area contributed by atoms with E-state index in [2.05, 4.69) is 15.7 Å². The summed E-state index contributed by atoms with van der Waals surface area (Å²) in [5.41, 5.74) is -0.733. The molecule has 1 rings (SSSR count). The molecule has 20 heavy (non-hydrogen) atoms. The minimum atomic E-state index is -4.51. The summed E-state index contributed by atoms with van der Waals surface area (Å²) < 4.78 is 36.9. The van der Waals surface area contributed by atoms with Gasteiger partial charge in [-0.25, -0.2) is 4.68 Å². The predicted molar refractivity (Wildman–Crippen MR) is 71.2 cm³/mol. The van der Waals surface area contributed by atoms with Crippen molar-refractivity contribution in [2.24, 2.45) is 0 Å². The normalized spacial score (nSPS) is 11.7. The van der Waals surface area contributed by atoms with Crippen molar-refractivity contribution in [1.82, 2.24) is 15.1 Å². The zero-order valence-corrected chi connectivity index (χ0v) is 11.7. The molecule has 1 aromatic heterocycles. The van der Waals surface area contributed by atoms with Gasteiger partial charge in [-0.1, -0.05) is 18.5 Å². The van der Waals surface area contributed by atoms with E-state index in [-0.39, 0.29) is 10.7 Å². The molecule has 1 aromatic rings. The summed E-state index contributed by atoms with van der Waals surface area (Å²) in [4.78, 5) is 11.6. The summed E-state index contributed by atoms with van der Waals surface area (Å²) in [5.74, 6) is 0. The fourth-order valence-corrected chi connectivity index (χ4v) is 1.67. The van der Waals surface area contributed by atoms with Crippen LogP contribution in [0.1, 0.15) is 13.3 Å². The number of hydrogen-bond acceptors (Lipinski definition) is 4. The highest BCUT2D eigenvalue weighted by Crippen LogP contribution is 2.18. The molecule has 114 valence electrons. The van der Waals surface area contributed by atoms with Gasteiger partial charge in [0.05, 0.1) is 11.9 Å². The molecular formula is C11H16ClF3N4O. The lowest BCUT2D eigenvalue weighted by Gasteiger charge is -2.11. The number of halogens is 4. The minimum absolute atomic E-state index is 0.230. The highest BCUT2D eigenvalue weighted by atomic mass is 35.5. The maximum absolute atomic E-state index is 12.2. The topological polar surface area (TPSA) is 59.0 Å². The zero-order chi connectivity index (χ0) is 15.2. The van der Waals surface area contributed by atoms with E-state index in [4.69, 9.17) is 11.6 Å². The van der Waals surface area contributed by atoms with Crippen LogP contribution in [0.15, 0.2) is 11.0 Å². The van der Waals surface area contributed by atoms with Crippen molar-refractivity contribution in [2.75, 3.05) is 25.0 Å². The highest BCUT2D eigenvalue weighted by molar-refractivity contribution is 6.32. The van der Waals surface area contributed by atoms with Gasteiger partial charge in [0.15, 0.2) is 0 Å². The SMILES string of the molecule is CCCNCCNc1cnn(CC(F)(F)F)c(=O)c1Cl. The minimum Gasteiger partial charge on any atom is -0.381 e. The molecule has 5 nitrogen and oxygen atoms in total. The average molecular weight is 313 g/mol. The first-order valence-corrected chi connectivity index (χ1v) is 6.50. The molecule has 0 spiro atoms. The summed E-state index contributed by atoms with van der Waals surface area (Å²) in [6, 6.07) is 0. The van der Waals surface area contributed by atoms with Crippen LogP contribution in [-0.2, 0) is 6.54 Å². The van der Waals surface area contributed by atoms with Crippen LogP contribution in [0.25, 0.3) is 0 Å². The summed E-state index contributed by atoms with van der Waals surface area (Å²) in [7, 11) is 0. The number of aromatic nitrogens is 2. The standard InChI is InChI=1S/C11H16ClF3N4O/c1-2-3-16-4-5-17-8-6-18-19(7-11(13,14)15)10(20)9(8)12/h6,16-17H,2-5,7H2,1H3. The Morgan fingerprint density at radius 3 is 2.65 bits per heavy atom. The largest absolute Gasteiger partial charge is 0.408 e. The Balaban J connectivity index is 2.67. The second-order valence-electron chi connectivity index (χ2n) is 4.13. The van der Waals surface area contributed by atoms with Gasteiger partial charge in [-0.2, -0.15) is 18.3 Å². The maximum Gasteiger partial charge on any atom is 0.408 e. The molecule has 0 aromatic carbocycles. The predicted octanol–water partition coefficient (Wildman–Crippen LogP) is 1.87. The molecule has 0 aliphatic carbocycles. The van der Waals surface area contributed by atoms with Crippen LogP contribution < -0.4 is 16.2 Å². The van der Waals surface area contributed by atoms with E-state index >= 15 is 0 Å². The van der Waals surface area contributed by atoms with E-state index in [0.717, 1.165) is 19.2 Å². The fourth-order valence-electron chi connectivity index (χ4n) is 1.46. The summed E-state index contributed by atoms with van der Waals surface area (Å²) in [6.45, 7) is 2.58. The lowest BCUT2D eigenvalue weighted by molar-refractivity contribution is -0.143. The molecule has 9 heteroatoms. The quantitative estimate of drug-likeness (QED) is 0.755. The van der Waals surface area contributed by atoms with Gasteiger partial charge in [0.1, 0.15) is 11.6 Å². The Morgan fingerprint density at radius 1 is 1.35 bits per heavy atom. The van der Waals surface area contributed by atoms with Gasteiger partial charge in [-0.05, 0) is 13.0 Å². The van der Waals surface area contributed by atoms with E-state index in [1.165, 1.54) is 0 Å². The summed E-state index contributed by atoms with van der Waals surface area (Å²) in [5, 5.41) is 9.14. The number of anilines is 1. The number of nitrogens with one attached hydrogen (secondary N) is 2. The molecule has 0 fully saturated rings. The molecular weight excluding hydrogens is 297 g/mol. The molecule has 0 unspecified atom stereocenters. The highest BCUT2D eigenvalue weighted by Gasteiger charge is 2.29. The number of rotatable bonds is 7. The third kappa shape index (κ3) is 5.38. The average Bonchev–Trinajstić information content (AvgIpc) is 2.36. The van der Waals surface area contributed by atoms with Crippen molar-refractivity contribution >= 4 is 17.3 Å². The van der Waals surface area contributed by atoms with Crippen LogP contribution in [0.3, 0.4) is 0 Å². The monoisotopic (exact) mass is 312 g/mol. The Hall–Kier alpha value is -1.28. The lowest BCUT2D eigenvalue weighted by Crippen LogP contribution is -2.31. The third-order valence-electron chi connectivity index (χ3n) is 2.36. The van der Waals surface area contributed by atoms with Crippen LogP contribution in [0.5, 0.6) is 0 Å². The number of hydrogen-bond donors (Lipinski definition) is 2. The second kappa shape index (κ2) is 7.49. The van der Waals surface area contributed by atoms with Crippen LogP contribution in [-0.4, -0.2) is 35.6 Å². The van der Waals surface area contributed by atoms with E-state index in [1.54, 1.807) is 0 Å². The molecule has 0 saturated heterocycles. The van der Waals surface area contributed by atoms with Crippen LogP contribution in [0.4, 0.5) is 18.9 Å². The second-order valence-corrected chi connectivity index (χ2v) is 4.50. The smallest absolute Gasteiger partial charge is 0.381 e. The first-order chi connectivity index (χ1) is 9.35. The van der Waals surface area contributed by atoms with E-state index in [1.807, 2.05) is 6.92 Å². The van der Waals surface area contributed by atoms with Gasteiger partial charge >= 0.3 is 6.18 Å². The molecule has 0 aliphatic rings. The van der Waals surface area contributed by atoms with E-state index in [0.29, 0.717) is 17.8 Å². The molecule has 0 bridgehead atoms.